The average molecular weight is 213 g/mol. The van der Waals surface area contributed by atoms with Crippen molar-refractivity contribution in [2.75, 3.05) is 25.0 Å². The van der Waals surface area contributed by atoms with Crippen LogP contribution in [0, 0.1) is 0 Å². The summed E-state index contributed by atoms with van der Waals surface area (Å²) in [6.07, 6.45) is 2.65. The Kier molecular flexibility index (Phi) is 2.84. The summed E-state index contributed by atoms with van der Waals surface area (Å²) >= 11 is 5.80. The maximum absolute atomic E-state index is 5.80. The van der Waals surface area contributed by atoms with Gasteiger partial charge < -0.3 is 10.2 Å². The maximum Gasteiger partial charge on any atom is 0.134 e. The molecule has 2 heterocycles. The van der Waals surface area contributed by atoms with Gasteiger partial charge in [0.05, 0.1) is 0 Å². The minimum atomic E-state index is 0.493. The normalized spacial score (nSPS) is 21.1. The SMILES string of the molecule is CN(c1cc(Cl)ncn1)[C@@H]1CCNC1. The molecule has 5 heteroatoms. The number of hydrogen-bond donors (Lipinski definition) is 1. The number of rotatable bonds is 2. The van der Waals surface area contributed by atoms with Crippen LogP contribution in [-0.2, 0) is 0 Å². The van der Waals surface area contributed by atoms with E-state index in [0.717, 1.165) is 25.3 Å². The minimum absolute atomic E-state index is 0.493. The molecule has 4 nitrogen and oxygen atoms in total. The Balaban J connectivity index is 2.13. The van der Waals surface area contributed by atoms with Crippen LogP contribution in [-0.4, -0.2) is 36.1 Å². The van der Waals surface area contributed by atoms with Gasteiger partial charge in [0.15, 0.2) is 0 Å². The number of anilines is 1. The van der Waals surface area contributed by atoms with Gasteiger partial charge in [0.25, 0.3) is 0 Å². The molecule has 1 N–H and O–H groups in total. The molecule has 1 aliphatic rings. The van der Waals surface area contributed by atoms with Gasteiger partial charge >= 0.3 is 0 Å². The summed E-state index contributed by atoms with van der Waals surface area (Å²) < 4.78 is 0. The second kappa shape index (κ2) is 4.11. The van der Waals surface area contributed by atoms with Crippen LogP contribution in [0.3, 0.4) is 0 Å². The third-order valence-corrected chi connectivity index (χ3v) is 2.77. The van der Waals surface area contributed by atoms with E-state index >= 15 is 0 Å². The van der Waals surface area contributed by atoms with Gasteiger partial charge in [-0.25, -0.2) is 9.97 Å². The van der Waals surface area contributed by atoms with Gasteiger partial charge in [-0.15, -0.1) is 0 Å². The second-order valence-electron chi connectivity index (χ2n) is 3.46. The molecule has 14 heavy (non-hydrogen) atoms. The van der Waals surface area contributed by atoms with E-state index in [-0.39, 0.29) is 0 Å². The lowest BCUT2D eigenvalue weighted by atomic mass is 10.2. The first-order valence-corrected chi connectivity index (χ1v) is 5.06. The Morgan fingerprint density at radius 1 is 1.57 bits per heavy atom. The van der Waals surface area contributed by atoms with E-state index in [9.17, 15) is 0 Å². The van der Waals surface area contributed by atoms with Gasteiger partial charge in [0.2, 0.25) is 0 Å². The lowest BCUT2D eigenvalue weighted by Crippen LogP contribution is -2.33. The standard InChI is InChI=1S/C9H13ClN4/c1-14(7-2-3-11-5-7)9-4-8(10)12-6-13-9/h4,6-7,11H,2-3,5H2,1H3/t7-/m1/s1. The molecule has 1 atom stereocenters. The van der Waals surface area contributed by atoms with E-state index in [4.69, 9.17) is 11.6 Å². The first-order valence-electron chi connectivity index (χ1n) is 4.68. The molecule has 0 saturated carbocycles. The highest BCUT2D eigenvalue weighted by Crippen LogP contribution is 2.17. The van der Waals surface area contributed by atoms with Crippen molar-refractivity contribution in [2.45, 2.75) is 12.5 Å². The average Bonchev–Trinajstić information content (AvgIpc) is 2.69. The lowest BCUT2D eigenvalue weighted by molar-refractivity contribution is 0.677. The molecule has 1 saturated heterocycles. The Hall–Kier alpha value is -0.870. The summed E-state index contributed by atoms with van der Waals surface area (Å²) in [6.45, 7) is 2.09. The van der Waals surface area contributed by atoms with Gasteiger partial charge in [-0.1, -0.05) is 11.6 Å². The van der Waals surface area contributed by atoms with Crippen LogP contribution in [0.5, 0.6) is 0 Å². The summed E-state index contributed by atoms with van der Waals surface area (Å²) in [5.41, 5.74) is 0. The van der Waals surface area contributed by atoms with Crippen molar-refractivity contribution in [2.24, 2.45) is 0 Å². The first-order chi connectivity index (χ1) is 6.77. The molecule has 0 aliphatic carbocycles. The number of halogens is 1. The third kappa shape index (κ3) is 1.96. The van der Waals surface area contributed by atoms with Crippen molar-refractivity contribution >= 4 is 17.4 Å². The monoisotopic (exact) mass is 212 g/mol. The van der Waals surface area contributed by atoms with Crippen molar-refractivity contribution in [3.05, 3.63) is 17.5 Å². The van der Waals surface area contributed by atoms with Gasteiger partial charge in [-0.05, 0) is 13.0 Å². The summed E-state index contributed by atoms with van der Waals surface area (Å²) in [5.74, 6) is 0.888. The van der Waals surface area contributed by atoms with Crippen molar-refractivity contribution in [1.29, 1.82) is 0 Å². The van der Waals surface area contributed by atoms with E-state index in [1.165, 1.54) is 6.33 Å². The molecule has 1 aromatic heterocycles. The van der Waals surface area contributed by atoms with E-state index in [2.05, 4.69) is 20.2 Å². The number of nitrogens with zero attached hydrogens (tertiary/aromatic N) is 3. The molecule has 2 rings (SSSR count). The highest BCUT2D eigenvalue weighted by molar-refractivity contribution is 6.29. The number of nitrogens with one attached hydrogen (secondary N) is 1. The van der Waals surface area contributed by atoms with Crippen LogP contribution < -0.4 is 10.2 Å². The molecule has 1 aromatic rings. The summed E-state index contributed by atoms with van der Waals surface area (Å²) in [6, 6.07) is 2.31. The van der Waals surface area contributed by atoms with E-state index in [1.54, 1.807) is 6.07 Å². The van der Waals surface area contributed by atoms with Crippen LogP contribution in [0.4, 0.5) is 5.82 Å². The summed E-state index contributed by atoms with van der Waals surface area (Å²) in [7, 11) is 2.04. The fourth-order valence-corrected chi connectivity index (χ4v) is 1.82. The molecule has 1 fully saturated rings. The van der Waals surface area contributed by atoms with Crippen molar-refractivity contribution in [1.82, 2.24) is 15.3 Å². The van der Waals surface area contributed by atoms with E-state index in [1.807, 2.05) is 7.05 Å². The highest BCUT2D eigenvalue weighted by Gasteiger charge is 2.20. The third-order valence-electron chi connectivity index (χ3n) is 2.56. The quantitative estimate of drug-likeness (QED) is 0.741. The van der Waals surface area contributed by atoms with Crippen LogP contribution in [0.2, 0.25) is 5.15 Å². The molecular weight excluding hydrogens is 200 g/mol. The Labute approximate surface area is 88.3 Å². The minimum Gasteiger partial charge on any atom is -0.355 e. The zero-order chi connectivity index (χ0) is 9.97. The van der Waals surface area contributed by atoms with E-state index < -0.39 is 0 Å². The molecule has 0 bridgehead atoms. The van der Waals surface area contributed by atoms with Crippen LogP contribution in [0.15, 0.2) is 12.4 Å². The van der Waals surface area contributed by atoms with Gasteiger partial charge in [-0.3, -0.25) is 0 Å². The largest absolute Gasteiger partial charge is 0.355 e. The fourth-order valence-electron chi connectivity index (χ4n) is 1.67. The molecule has 0 unspecified atom stereocenters. The number of likely N-dealkylation sites (N-methyl/N-ethyl adjacent to an activating group) is 1. The predicted molar refractivity (Wildman–Crippen MR) is 56.7 cm³/mol. The summed E-state index contributed by atoms with van der Waals surface area (Å²) in [4.78, 5) is 10.2. The number of hydrogen-bond acceptors (Lipinski definition) is 4. The smallest absolute Gasteiger partial charge is 0.134 e. The highest BCUT2D eigenvalue weighted by atomic mass is 35.5. The molecule has 0 radical (unpaired) electrons. The first kappa shape index (κ1) is 9.68. The predicted octanol–water partition coefficient (Wildman–Crippen LogP) is 0.928. The molecule has 76 valence electrons. The number of aromatic nitrogens is 2. The zero-order valence-corrected chi connectivity index (χ0v) is 8.83. The zero-order valence-electron chi connectivity index (χ0n) is 8.07. The topological polar surface area (TPSA) is 41.1 Å². The second-order valence-corrected chi connectivity index (χ2v) is 3.84. The van der Waals surface area contributed by atoms with Crippen molar-refractivity contribution in [3.63, 3.8) is 0 Å². The molecular formula is C9H13ClN4. The lowest BCUT2D eigenvalue weighted by Gasteiger charge is -2.24. The van der Waals surface area contributed by atoms with Gasteiger partial charge in [0.1, 0.15) is 17.3 Å². The van der Waals surface area contributed by atoms with Crippen LogP contribution in [0.25, 0.3) is 0 Å². The maximum atomic E-state index is 5.80. The van der Waals surface area contributed by atoms with Crippen molar-refractivity contribution in [3.8, 4) is 0 Å². The van der Waals surface area contributed by atoms with Crippen LogP contribution in [0.1, 0.15) is 6.42 Å². The van der Waals surface area contributed by atoms with Gasteiger partial charge in [-0.2, -0.15) is 0 Å². The Bertz CT molecular complexity index is 311. The molecule has 0 amide bonds. The van der Waals surface area contributed by atoms with Gasteiger partial charge in [0, 0.05) is 25.7 Å². The van der Waals surface area contributed by atoms with Crippen LogP contribution >= 0.6 is 11.6 Å². The Morgan fingerprint density at radius 2 is 2.43 bits per heavy atom. The molecule has 0 aromatic carbocycles. The van der Waals surface area contributed by atoms with Crippen molar-refractivity contribution < 1.29 is 0 Å². The molecule has 0 spiro atoms. The van der Waals surface area contributed by atoms with E-state index in [0.29, 0.717) is 11.2 Å². The summed E-state index contributed by atoms with van der Waals surface area (Å²) in [5, 5.41) is 3.81. The Morgan fingerprint density at radius 3 is 3.07 bits per heavy atom. The molecule has 1 aliphatic heterocycles. The fraction of sp³-hybridized carbons (Fsp3) is 0.556.